The molecule has 7 heteroatoms. The van der Waals surface area contributed by atoms with E-state index in [0.29, 0.717) is 13.0 Å². The third-order valence-corrected chi connectivity index (χ3v) is 6.30. The second-order valence-electron chi connectivity index (χ2n) is 6.82. The first-order valence-electron chi connectivity index (χ1n) is 9.19. The molecule has 0 spiro atoms. The Morgan fingerprint density at radius 2 is 1.72 bits per heavy atom. The van der Waals surface area contributed by atoms with Crippen molar-refractivity contribution in [3.63, 3.8) is 0 Å². The zero-order chi connectivity index (χ0) is 17.9. The molecule has 0 unspecified atom stereocenters. The second kappa shape index (κ2) is 7.74. The zero-order valence-corrected chi connectivity index (χ0v) is 15.6. The smallest absolute Gasteiger partial charge is 0.317 e. The molecule has 2 aliphatic rings. The van der Waals surface area contributed by atoms with Crippen LogP contribution in [0.4, 0.5) is 10.5 Å². The van der Waals surface area contributed by atoms with Gasteiger partial charge in [-0.15, -0.1) is 0 Å². The van der Waals surface area contributed by atoms with Crippen LogP contribution in [0.15, 0.2) is 6.07 Å². The largest absolute Gasteiger partial charge is 0.332 e. The van der Waals surface area contributed by atoms with Crippen LogP contribution < -0.4 is 15.4 Å². The summed E-state index contributed by atoms with van der Waals surface area (Å²) in [4.78, 5) is 12.3. The maximum atomic E-state index is 12.3. The van der Waals surface area contributed by atoms with E-state index in [1.54, 1.807) is 0 Å². The molecule has 0 aliphatic heterocycles. The molecule has 0 fully saturated rings. The van der Waals surface area contributed by atoms with Crippen LogP contribution in [-0.4, -0.2) is 33.3 Å². The third kappa shape index (κ3) is 4.33. The molecule has 0 saturated carbocycles. The van der Waals surface area contributed by atoms with Gasteiger partial charge in [-0.05, 0) is 80.3 Å². The predicted molar refractivity (Wildman–Crippen MR) is 99.6 cm³/mol. The molecule has 0 bridgehead atoms. The van der Waals surface area contributed by atoms with Crippen molar-refractivity contribution in [2.75, 3.05) is 24.2 Å². The number of carbonyl (C=O) groups excluding carboxylic acids is 1. The number of anilines is 1. The van der Waals surface area contributed by atoms with Crippen molar-refractivity contribution in [1.29, 1.82) is 0 Å². The molecule has 138 valence electrons. The zero-order valence-electron chi connectivity index (χ0n) is 14.8. The average molecular weight is 365 g/mol. The van der Waals surface area contributed by atoms with Crippen molar-refractivity contribution in [2.45, 2.75) is 51.9 Å². The van der Waals surface area contributed by atoms with Crippen molar-refractivity contribution in [1.82, 2.24) is 10.0 Å². The number of sulfonamides is 1. The van der Waals surface area contributed by atoms with E-state index in [0.717, 1.165) is 50.8 Å². The Kier molecular flexibility index (Phi) is 5.64. The third-order valence-electron chi connectivity index (χ3n) is 4.98. The molecule has 1 aromatic rings. The predicted octanol–water partition coefficient (Wildman–Crippen LogP) is 2.11. The number of rotatable bonds is 7. The summed E-state index contributed by atoms with van der Waals surface area (Å²) in [6.45, 7) is 3.40. The van der Waals surface area contributed by atoms with Crippen LogP contribution in [-0.2, 0) is 35.7 Å². The minimum Gasteiger partial charge on any atom is -0.317 e. The average Bonchev–Trinajstić information content (AvgIpc) is 3.19. The minimum atomic E-state index is -3.61. The van der Waals surface area contributed by atoms with Gasteiger partial charge < -0.3 is 10.6 Å². The van der Waals surface area contributed by atoms with Crippen LogP contribution in [0.5, 0.6) is 0 Å². The number of aryl methyl sites for hydroxylation is 2. The highest BCUT2D eigenvalue weighted by atomic mass is 32.2. The Bertz CT molecular complexity index is 727. The molecular weight excluding hydrogens is 338 g/mol. The van der Waals surface area contributed by atoms with Crippen molar-refractivity contribution < 1.29 is 13.2 Å². The number of amides is 2. The summed E-state index contributed by atoms with van der Waals surface area (Å²) in [7, 11) is -3.61. The molecule has 6 nitrogen and oxygen atoms in total. The Morgan fingerprint density at radius 3 is 2.32 bits per heavy atom. The van der Waals surface area contributed by atoms with Gasteiger partial charge in [-0.1, -0.05) is 13.0 Å². The first-order valence-corrected chi connectivity index (χ1v) is 10.8. The van der Waals surface area contributed by atoms with Gasteiger partial charge in [0.05, 0.1) is 5.75 Å². The van der Waals surface area contributed by atoms with Gasteiger partial charge in [0.1, 0.15) is 0 Å². The van der Waals surface area contributed by atoms with E-state index in [9.17, 15) is 13.2 Å². The standard InChI is InChI=1S/C18H27N3O3S/c1-2-19-10-5-11-25(23,24)21-18(22)20-17-15-8-3-6-13(15)12-14-7-4-9-16(14)17/h12,19H,2-11H2,1H3,(H2,20,21,22). The van der Waals surface area contributed by atoms with Gasteiger partial charge in [0.2, 0.25) is 10.0 Å². The van der Waals surface area contributed by atoms with E-state index in [4.69, 9.17) is 0 Å². The fourth-order valence-corrected chi connectivity index (χ4v) is 4.82. The number of fused-ring (bicyclic) bond motifs is 2. The normalized spacial score (nSPS) is 15.7. The molecule has 2 aliphatic carbocycles. The van der Waals surface area contributed by atoms with Crippen molar-refractivity contribution in [3.05, 3.63) is 28.3 Å². The maximum Gasteiger partial charge on any atom is 0.332 e. The molecule has 0 heterocycles. The highest BCUT2D eigenvalue weighted by Crippen LogP contribution is 2.38. The Labute approximate surface area is 149 Å². The summed E-state index contributed by atoms with van der Waals surface area (Å²) < 4.78 is 26.3. The Balaban J connectivity index is 1.68. The van der Waals surface area contributed by atoms with Gasteiger partial charge in [-0.25, -0.2) is 17.9 Å². The molecule has 3 rings (SSSR count). The first kappa shape index (κ1) is 18.2. The summed E-state index contributed by atoms with van der Waals surface area (Å²) >= 11 is 0. The molecule has 3 N–H and O–H groups in total. The second-order valence-corrected chi connectivity index (χ2v) is 8.66. The number of nitrogens with one attached hydrogen (secondary N) is 3. The van der Waals surface area contributed by atoms with Crippen molar-refractivity contribution >= 4 is 21.7 Å². The van der Waals surface area contributed by atoms with E-state index in [1.165, 1.54) is 22.3 Å². The number of hydrogen-bond acceptors (Lipinski definition) is 4. The monoisotopic (exact) mass is 365 g/mol. The van der Waals surface area contributed by atoms with E-state index >= 15 is 0 Å². The molecule has 0 saturated heterocycles. The fourth-order valence-electron chi connectivity index (χ4n) is 3.86. The summed E-state index contributed by atoms with van der Waals surface area (Å²) in [5.74, 6) is -0.0571. The number of carbonyl (C=O) groups is 1. The van der Waals surface area contributed by atoms with Gasteiger partial charge in [0.15, 0.2) is 0 Å². The van der Waals surface area contributed by atoms with Gasteiger partial charge >= 0.3 is 6.03 Å². The Hall–Kier alpha value is -1.60. The van der Waals surface area contributed by atoms with Gasteiger partial charge in [0.25, 0.3) is 0 Å². The van der Waals surface area contributed by atoms with E-state index in [-0.39, 0.29) is 5.75 Å². The quantitative estimate of drug-likeness (QED) is 0.646. The van der Waals surface area contributed by atoms with Crippen LogP contribution in [0.1, 0.15) is 48.4 Å². The highest BCUT2D eigenvalue weighted by Gasteiger charge is 2.25. The summed E-state index contributed by atoms with van der Waals surface area (Å²) in [6.07, 6.45) is 6.66. The van der Waals surface area contributed by atoms with Crippen LogP contribution in [0, 0.1) is 0 Å². The topological polar surface area (TPSA) is 87.3 Å². The SMILES string of the molecule is CCNCCCS(=O)(=O)NC(=O)Nc1c2c(cc3c1CCC3)CCC2. The number of urea groups is 1. The lowest BCUT2D eigenvalue weighted by Gasteiger charge is -2.16. The first-order chi connectivity index (χ1) is 12.0. The number of benzene rings is 1. The minimum absolute atomic E-state index is 0.0571. The Morgan fingerprint density at radius 1 is 1.08 bits per heavy atom. The number of hydrogen-bond donors (Lipinski definition) is 3. The van der Waals surface area contributed by atoms with Crippen LogP contribution in [0.2, 0.25) is 0 Å². The van der Waals surface area contributed by atoms with Gasteiger partial charge in [-0.3, -0.25) is 0 Å². The molecule has 0 radical (unpaired) electrons. The molecule has 1 aromatic carbocycles. The van der Waals surface area contributed by atoms with Crippen LogP contribution in [0.3, 0.4) is 0 Å². The fraction of sp³-hybridized carbons (Fsp3) is 0.611. The molecular formula is C18H27N3O3S. The molecule has 25 heavy (non-hydrogen) atoms. The van der Waals surface area contributed by atoms with Gasteiger partial charge in [0, 0.05) is 5.69 Å². The van der Waals surface area contributed by atoms with Crippen LogP contribution in [0.25, 0.3) is 0 Å². The summed E-state index contributed by atoms with van der Waals surface area (Å²) in [5.41, 5.74) is 5.87. The van der Waals surface area contributed by atoms with E-state index in [1.807, 2.05) is 6.92 Å². The summed E-state index contributed by atoms with van der Waals surface area (Å²) in [6, 6.07) is 1.64. The lowest BCUT2D eigenvalue weighted by molar-refractivity contribution is 0.256. The van der Waals surface area contributed by atoms with E-state index in [2.05, 4.69) is 21.4 Å². The van der Waals surface area contributed by atoms with Crippen molar-refractivity contribution in [3.8, 4) is 0 Å². The lowest BCUT2D eigenvalue weighted by atomic mass is 9.99. The summed E-state index contributed by atoms with van der Waals surface area (Å²) in [5, 5.41) is 5.93. The molecule has 2 amide bonds. The molecule has 0 atom stereocenters. The molecule has 0 aromatic heterocycles. The van der Waals surface area contributed by atoms with E-state index < -0.39 is 16.1 Å². The highest BCUT2D eigenvalue weighted by molar-refractivity contribution is 7.90. The van der Waals surface area contributed by atoms with Crippen molar-refractivity contribution in [2.24, 2.45) is 0 Å². The van der Waals surface area contributed by atoms with Crippen LogP contribution >= 0.6 is 0 Å². The lowest BCUT2D eigenvalue weighted by Crippen LogP contribution is -2.37. The maximum absolute atomic E-state index is 12.3. The van der Waals surface area contributed by atoms with Gasteiger partial charge in [-0.2, -0.15) is 0 Å².